The van der Waals surface area contributed by atoms with Crippen LogP contribution in [0.2, 0.25) is 0 Å². The summed E-state index contributed by atoms with van der Waals surface area (Å²) >= 11 is 0. The number of nitrogens with one attached hydrogen (secondary N) is 1. The molecule has 2 rings (SSSR count). The van der Waals surface area contributed by atoms with E-state index in [1.165, 1.54) is 0 Å². The minimum absolute atomic E-state index is 0.179. The van der Waals surface area contributed by atoms with Crippen molar-refractivity contribution >= 4 is 15.5 Å². The molecule has 0 atom stereocenters. The van der Waals surface area contributed by atoms with Gasteiger partial charge in [-0.1, -0.05) is 6.92 Å². The monoisotopic (exact) mass is 294 g/mol. The Labute approximate surface area is 118 Å². The number of benzene rings is 1. The lowest BCUT2D eigenvalue weighted by atomic mass is 10.3. The van der Waals surface area contributed by atoms with Crippen LogP contribution in [0, 0.1) is 0 Å². The molecule has 0 aliphatic carbocycles. The average molecular weight is 294 g/mol. The zero-order chi connectivity index (χ0) is 14.6. The third kappa shape index (κ3) is 3.36. The van der Waals surface area contributed by atoms with Crippen molar-refractivity contribution in [1.82, 2.24) is 14.8 Å². The van der Waals surface area contributed by atoms with Crippen molar-refractivity contribution in [2.45, 2.75) is 24.8 Å². The van der Waals surface area contributed by atoms with E-state index in [4.69, 9.17) is 0 Å². The number of hydrogen-bond acceptors (Lipinski definition) is 5. The van der Waals surface area contributed by atoms with E-state index in [0.29, 0.717) is 17.9 Å². The van der Waals surface area contributed by atoms with Crippen LogP contribution in [0.5, 0.6) is 0 Å². The van der Waals surface area contributed by atoms with Crippen LogP contribution >= 0.6 is 0 Å². The molecule has 0 saturated carbocycles. The van der Waals surface area contributed by atoms with Crippen molar-refractivity contribution in [2.75, 3.05) is 11.1 Å². The van der Waals surface area contributed by atoms with Gasteiger partial charge in [0.25, 0.3) is 0 Å². The third-order valence-corrected chi connectivity index (χ3v) is 4.88. The minimum Gasteiger partial charge on any atom is -0.378 e. The van der Waals surface area contributed by atoms with Gasteiger partial charge in [-0.05, 0) is 30.7 Å². The van der Waals surface area contributed by atoms with Crippen molar-refractivity contribution in [3.05, 3.63) is 36.4 Å². The summed E-state index contributed by atoms with van der Waals surface area (Å²) in [5.41, 5.74) is 0.850. The van der Waals surface area contributed by atoms with Gasteiger partial charge >= 0.3 is 0 Å². The Morgan fingerprint density at radius 3 is 2.50 bits per heavy atom. The highest BCUT2D eigenvalue weighted by atomic mass is 32.2. The molecular formula is C13H18N4O2S. The summed E-state index contributed by atoms with van der Waals surface area (Å²) in [7, 11) is -1.27. The number of aromatic nitrogens is 3. The van der Waals surface area contributed by atoms with E-state index >= 15 is 0 Å². The lowest BCUT2D eigenvalue weighted by Gasteiger charge is -2.07. The SMILES string of the molecule is CCCS(=O)(=O)c1ccc(NCc2nncn2C)cc1. The first-order valence-corrected chi connectivity index (χ1v) is 8.07. The second-order valence-electron chi connectivity index (χ2n) is 4.55. The molecular weight excluding hydrogens is 276 g/mol. The Morgan fingerprint density at radius 1 is 1.25 bits per heavy atom. The molecule has 6 nitrogen and oxygen atoms in total. The van der Waals surface area contributed by atoms with Crippen LogP contribution < -0.4 is 5.32 Å². The summed E-state index contributed by atoms with van der Waals surface area (Å²) in [6, 6.07) is 6.78. The molecule has 0 unspecified atom stereocenters. The van der Waals surface area contributed by atoms with E-state index in [1.807, 2.05) is 18.5 Å². The van der Waals surface area contributed by atoms with E-state index in [2.05, 4.69) is 15.5 Å². The van der Waals surface area contributed by atoms with Crippen molar-refractivity contribution in [3.8, 4) is 0 Å². The van der Waals surface area contributed by atoms with E-state index in [1.54, 1.807) is 30.6 Å². The predicted octanol–water partition coefficient (Wildman–Crippen LogP) is 1.61. The molecule has 0 saturated heterocycles. The molecule has 1 aromatic carbocycles. The minimum atomic E-state index is -3.15. The molecule has 0 amide bonds. The van der Waals surface area contributed by atoms with Gasteiger partial charge in [-0.3, -0.25) is 0 Å². The fraction of sp³-hybridized carbons (Fsp3) is 0.385. The van der Waals surface area contributed by atoms with Gasteiger partial charge in [0.2, 0.25) is 0 Å². The summed E-state index contributed by atoms with van der Waals surface area (Å²) < 4.78 is 25.6. The van der Waals surface area contributed by atoms with E-state index in [-0.39, 0.29) is 5.75 Å². The van der Waals surface area contributed by atoms with Crippen LogP contribution in [0.4, 0.5) is 5.69 Å². The molecule has 0 bridgehead atoms. The smallest absolute Gasteiger partial charge is 0.178 e. The molecule has 0 aliphatic heterocycles. The molecule has 1 N–H and O–H groups in total. The largest absolute Gasteiger partial charge is 0.378 e. The maximum Gasteiger partial charge on any atom is 0.178 e. The molecule has 0 fully saturated rings. The maximum atomic E-state index is 11.9. The molecule has 7 heteroatoms. The Hall–Kier alpha value is -1.89. The zero-order valence-electron chi connectivity index (χ0n) is 11.6. The fourth-order valence-corrected chi connectivity index (χ4v) is 3.14. The number of anilines is 1. The van der Waals surface area contributed by atoms with Crippen LogP contribution in [0.1, 0.15) is 19.2 Å². The number of nitrogens with zero attached hydrogens (tertiary/aromatic N) is 3. The Balaban J connectivity index is 2.04. The van der Waals surface area contributed by atoms with Crippen molar-refractivity contribution in [2.24, 2.45) is 7.05 Å². The highest BCUT2D eigenvalue weighted by Crippen LogP contribution is 2.16. The molecule has 1 aromatic heterocycles. The van der Waals surface area contributed by atoms with Crippen LogP contribution in [0.25, 0.3) is 0 Å². The fourth-order valence-electron chi connectivity index (χ4n) is 1.81. The summed E-state index contributed by atoms with van der Waals surface area (Å²) in [5.74, 6) is 0.992. The first kappa shape index (κ1) is 14.5. The van der Waals surface area contributed by atoms with Gasteiger partial charge in [-0.25, -0.2) is 8.42 Å². The summed E-state index contributed by atoms with van der Waals surface area (Å²) in [6.45, 7) is 2.39. The summed E-state index contributed by atoms with van der Waals surface area (Å²) in [5, 5.41) is 10.9. The standard InChI is InChI=1S/C13H18N4O2S/c1-3-8-20(18,19)12-6-4-11(5-7-12)14-9-13-16-15-10-17(13)2/h4-7,10,14H,3,8-9H2,1-2H3. The van der Waals surface area contributed by atoms with Gasteiger partial charge in [-0.15, -0.1) is 10.2 Å². The predicted molar refractivity (Wildman–Crippen MR) is 77.1 cm³/mol. The van der Waals surface area contributed by atoms with Gasteiger partial charge < -0.3 is 9.88 Å². The van der Waals surface area contributed by atoms with E-state index in [0.717, 1.165) is 11.5 Å². The quantitative estimate of drug-likeness (QED) is 0.876. The second kappa shape index (κ2) is 6.04. The van der Waals surface area contributed by atoms with E-state index < -0.39 is 9.84 Å². The number of rotatable bonds is 6. The van der Waals surface area contributed by atoms with Gasteiger partial charge in [0.15, 0.2) is 15.7 Å². The highest BCUT2D eigenvalue weighted by molar-refractivity contribution is 7.91. The third-order valence-electron chi connectivity index (χ3n) is 2.94. The zero-order valence-corrected chi connectivity index (χ0v) is 12.4. The topological polar surface area (TPSA) is 76.9 Å². The number of hydrogen-bond donors (Lipinski definition) is 1. The normalized spacial score (nSPS) is 11.5. The number of aryl methyl sites for hydroxylation is 1. The van der Waals surface area contributed by atoms with Gasteiger partial charge in [-0.2, -0.15) is 0 Å². The Kier molecular flexibility index (Phi) is 4.39. The Morgan fingerprint density at radius 2 is 1.95 bits per heavy atom. The van der Waals surface area contributed by atoms with Gasteiger partial charge in [0.05, 0.1) is 17.2 Å². The molecule has 0 spiro atoms. The van der Waals surface area contributed by atoms with Gasteiger partial charge in [0, 0.05) is 12.7 Å². The summed E-state index contributed by atoms with van der Waals surface area (Å²) in [4.78, 5) is 0.364. The summed E-state index contributed by atoms with van der Waals surface area (Å²) in [6.07, 6.45) is 2.26. The molecule has 2 aromatic rings. The van der Waals surface area contributed by atoms with Crippen LogP contribution in [-0.4, -0.2) is 28.9 Å². The van der Waals surface area contributed by atoms with Crippen LogP contribution in [-0.2, 0) is 23.4 Å². The average Bonchev–Trinajstić information content (AvgIpc) is 2.82. The van der Waals surface area contributed by atoms with E-state index in [9.17, 15) is 8.42 Å². The molecule has 108 valence electrons. The van der Waals surface area contributed by atoms with Crippen molar-refractivity contribution in [3.63, 3.8) is 0 Å². The van der Waals surface area contributed by atoms with Gasteiger partial charge in [0.1, 0.15) is 6.33 Å². The maximum absolute atomic E-state index is 11.9. The molecule has 0 radical (unpaired) electrons. The van der Waals surface area contributed by atoms with Crippen LogP contribution in [0.3, 0.4) is 0 Å². The first-order chi connectivity index (χ1) is 9.53. The molecule has 20 heavy (non-hydrogen) atoms. The van der Waals surface area contributed by atoms with Crippen molar-refractivity contribution < 1.29 is 8.42 Å². The lowest BCUT2D eigenvalue weighted by molar-refractivity contribution is 0.595. The second-order valence-corrected chi connectivity index (χ2v) is 6.66. The molecule has 0 aliphatic rings. The lowest BCUT2D eigenvalue weighted by Crippen LogP contribution is -2.07. The highest BCUT2D eigenvalue weighted by Gasteiger charge is 2.12. The number of sulfone groups is 1. The Bertz CT molecular complexity index is 662. The molecule has 1 heterocycles. The van der Waals surface area contributed by atoms with Crippen molar-refractivity contribution in [1.29, 1.82) is 0 Å². The van der Waals surface area contributed by atoms with Crippen LogP contribution in [0.15, 0.2) is 35.5 Å². The first-order valence-electron chi connectivity index (χ1n) is 6.42.